The van der Waals surface area contributed by atoms with Crippen molar-refractivity contribution in [2.24, 2.45) is 0 Å². The van der Waals surface area contributed by atoms with Crippen molar-refractivity contribution in [1.82, 2.24) is 9.97 Å². The number of anilines is 2. The maximum atomic E-state index is 11.9. The third kappa shape index (κ3) is 3.50. The number of aliphatic hydroxyl groups is 1. The molecule has 0 saturated heterocycles. The highest BCUT2D eigenvalue weighted by Gasteiger charge is 2.09. The van der Waals surface area contributed by atoms with Crippen molar-refractivity contribution in [1.29, 1.82) is 0 Å². The molecule has 0 radical (unpaired) electrons. The minimum absolute atomic E-state index is 0.112. The molecule has 2 aromatic rings. The highest BCUT2D eigenvalue weighted by molar-refractivity contribution is 5.90. The molecule has 0 saturated carbocycles. The lowest BCUT2D eigenvalue weighted by Crippen LogP contribution is -2.19. The summed E-state index contributed by atoms with van der Waals surface area (Å²) in [6.07, 6.45) is 0.256. The van der Waals surface area contributed by atoms with Gasteiger partial charge >= 0.3 is 5.97 Å². The topological polar surface area (TPSA) is 104 Å². The van der Waals surface area contributed by atoms with E-state index < -0.39 is 5.97 Å². The van der Waals surface area contributed by atoms with Crippen LogP contribution < -0.4 is 10.9 Å². The summed E-state index contributed by atoms with van der Waals surface area (Å²) < 4.78 is 4.66. The van der Waals surface area contributed by atoms with Crippen LogP contribution in [0.15, 0.2) is 29.1 Å². The van der Waals surface area contributed by atoms with E-state index in [0.717, 1.165) is 0 Å². The molecule has 116 valence electrons. The number of hydrogen-bond donors (Lipinski definition) is 3. The predicted molar refractivity (Wildman–Crippen MR) is 81.4 cm³/mol. The summed E-state index contributed by atoms with van der Waals surface area (Å²) in [6, 6.07) is 6.66. The van der Waals surface area contributed by atoms with Gasteiger partial charge in [0.05, 0.1) is 18.4 Å². The average molecular weight is 303 g/mol. The zero-order chi connectivity index (χ0) is 16.1. The van der Waals surface area contributed by atoms with Gasteiger partial charge in [0, 0.05) is 24.3 Å². The molecule has 0 aliphatic heterocycles. The molecule has 1 heterocycles. The van der Waals surface area contributed by atoms with Crippen LogP contribution in [0.5, 0.6) is 0 Å². The predicted octanol–water partition coefficient (Wildman–Crippen LogP) is 1.14. The molecule has 7 heteroatoms. The fraction of sp³-hybridized carbons (Fsp3) is 0.267. The summed E-state index contributed by atoms with van der Waals surface area (Å²) in [5.74, 6) is -0.175. The lowest BCUT2D eigenvalue weighted by Gasteiger charge is -2.09. The second-order valence-corrected chi connectivity index (χ2v) is 4.65. The number of hydrogen-bond acceptors (Lipinski definition) is 6. The summed E-state index contributed by atoms with van der Waals surface area (Å²) >= 11 is 0. The van der Waals surface area contributed by atoms with Crippen LogP contribution in [-0.4, -0.2) is 34.8 Å². The second-order valence-electron chi connectivity index (χ2n) is 4.65. The van der Waals surface area contributed by atoms with Crippen LogP contribution in [0.2, 0.25) is 0 Å². The molecule has 0 amide bonds. The van der Waals surface area contributed by atoms with E-state index in [9.17, 15) is 9.59 Å². The Labute approximate surface area is 127 Å². The fourth-order valence-corrected chi connectivity index (χ4v) is 2.05. The number of aliphatic hydroxyl groups excluding tert-OH is 1. The zero-order valence-corrected chi connectivity index (χ0v) is 12.3. The number of carbonyl (C=O) groups excluding carboxylic acids is 1. The Kier molecular flexibility index (Phi) is 4.90. The maximum absolute atomic E-state index is 11.9. The zero-order valence-electron chi connectivity index (χ0n) is 12.3. The van der Waals surface area contributed by atoms with E-state index in [1.807, 2.05) is 0 Å². The van der Waals surface area contributed by atoms with E-state index in [-0.39, 0.29) is 24.5 Å². The van der Waals surface area contributed by atoms with Gasteiger partial charge in [-0.25, -0.2) is 9.78 Å². The van der Waals surface area contributed by atoms with Crippen molar-refractivity contribution < 1.29 is 14.6 Å². The SMILES string of the molecule is COC(=O)c1cccc(Nc2nc(C)c(CCO)c(=O)[nH]2)c1. The first-order valence-electron chi connectivity index (χ1n) is 6.71. The Bertz CT molecular complexity index is 740. The van der Waals surface area contributed by atoms with Crippen molar-refractivity contribution in [2.45, 2.75) is 13.3 Å². The molecule has 7 nitrogen and oxygen atoms in total. The first kappa shape index (κ1) is 15.7. The van der Waals surface area contributed by atoms with Gasteiger partial charge < -0.3 is 15.2 Å². The first-order chi connectivity index (χ1) is 10.5. The quantitative estimate of drug-likeness (QED) is 0.716. The summed E-state index contributed by atoms with van der Waals surface area (Å²) in [7, 11) is 1.31. The number of H-pyrrole nitrogens is 1. The third-order valence-electron chi connectivity index (χ3n) is 3.13. The number of methoxy groups -OCH3 is 1. The summed E-state index contributed by atoms with van der Waals surface area (Å²) in [4.78, 5) is 30.3. The van der Waals surface area contributed by atoms with Crippen LogP contribution >= 0.6 is 0 Å². The van der Waals surface area contributed by atoms with Gasteiger partial charge in [0.25, 0.3) is 5.56 Å². The van der Waals surface area contributed by atoms with Gasteiger partial charge in [-0.1, -0.05) is 6.07 Å². The van der Waals surface area contributed by atoms with Crippen LogP contribution in [0, 0.1) is 6.92 Å². The molecule has 1 aromatic heterocycles. The minimum Gasteiger partial charge on any atom is -0.465 e. The van der Waals surface area contributed by atoms with Crippen LogP contribution in [-0.2, 0) is 11.2 Å². The molecule has 22 heavy (non-hydrogen) atoms. The number of nitrogens with zero attached hydrogens (tertiary/aromatic N) is 1. The minimum atomic E-state index is -0.445. The second kappa shape index (κ2) is 6.86. The molecular formula is C15H17N3O4. The van der Waals surface area contributed by atoms with Gasteiger partial charge in [0.15, 0.2) is 0 Å². The summed E-state index contributed by atoms with van der Waals surface area (Å²) in [6.45, 7) is 1.59. The Hall–Kier alpha value is -2.67. The van der Waals surface area contributed by atoms with Crippen LogP contribution in [0.4, 0.5) is 11.6 Å². The number of benzene rings is 1. The molecule has 0 atom stereocenters. The number of esters is 1. The van der Waals surface area contributed by atoms with E-state index in [1.165, 1.54) is 7.11 Å². The normalized spacial score (nSPS) is 10.3. The number of aryl methyl sites for hydroxylation is 1. The molecule has 3 N–H and O–H groups in total. The van der Waals surface area contributed by atoms with Crippen LogP contribution in [0.1, 0.15) is 21.6 Å². The van der Waals surface area contributed by atoms with Crippen LogP contribution in [0.25, 0.3) is 0 Å². The smallest absolute Gasteiger partial charge is 0.337 e. The monoisotopic (exact) mass is 303 g/mol. The van der Waals surface area contributed by atoms with E-state index in [4.69, 9.17) is 5.11 Å². The molecule has 0 unspecified atom stereocenters. The lowest BCUT2D eigenvalue weighted by atomic mass is 10.2. The van der Waals surface area contributed by atoms with Gasteiger partial charge in [-0.05, 0) is 25.1 Å². The van der Waals surface area contributed by atoms with Crippen molar-refractivity contribution in [3.05, 3.63) is 51.4 Å². The van der Waals surface area contributed by atoms with E-state index >= 15 is 0 Å². The van der Waals surface area contributed by atoms with Crippen molar-refractivity contribution in [3.8, 4) is 0 Å². The van der Waals surface area contributed by atoms with Crippen molar-refractivity contribution >= 4 is 17.6 Å². The Balaban J connectivity index is 2.28. The molecule has 2 rings (SSSR count). The standard InChI is InChI=1S/C15H17N3O4/c1-9-12(6-7-19)13(20)18-15(16-9)17-11-5-3-4-10(8-11)14(21)22-2/h3-5,8,19H,6-7H2,1-2H3,(H2,16,17,18,20). The highest BCUT2D eigenvalue weighted by Crippen LogP contribution is 2.15. The number of ether oxygens (including phenoxy) is 1. The molecule has 0 bridgehead atoms. The summed E-state index contributed by atoms with van der Waals surface area (Å²) in [5, 5.41) is 11.9. The molecule has 1 aromatic carbocycles. The number of rotatable bonds is 5. The van der Waals surface area contributed by atoms with Crippen molar-refractivity contribution in [3.63, 3.8) is 0 Å². The first-order valence-corrected chi connectivity index (χ1v) is 6.71. The fourth-order valence-electron chi connectivity index (χ4n) is 2.05. The largest absolute Gasteiger partial charge is 0.465 e. The average Bonchev–Trinajstić information content (AvgIpc) is 2.50. The number of nitrogens with one attached hydrogen (secondary N) is 2. The van der Waals surface area contributed by atoms with Gasteiger partial charge in [-0.15, -0.1) is 0 Å². The maximum Gasteiger partial charge on any atom is 0.337 e. The molecular weight excluding hydrogens is 286 g/mol. The molecule has 0 spiro atoms. The number of aromatic nitrogens is 2. The lowest BCUT2D eigenvalue weighted by molar-refractivity contribution is 0.0601. The van der Waals surface area contributed by atoms with Gasteiger partial charge in [-0.3, -0.25) is 9.78 Å². The Morgan fingerprint density at radius 2 is 2.23 bits per heavy atom. The van der Waals surface area contributed by atoms with E-state index in [0.29, 0.717) is 22.5 Å². The molecule has 0 aliphatic carbocycles. The molecule has 0 aliphatic rings. The molecule has 0 fully saturated rings. The third-order valence-corrected chi connectivity index (χ3v) is 3.13. The van der Waals surface area contributed by atoms with Crippen molar-refractivity contribution in [2.75, 3.05) is 19.0 Å². The van der Waals surface area contributed by atoms with Gasteiger partial charge in [-0.2, -0.15) is 0 Å². The van der Waals surface area contributed by atoms with Crippen LogP contribution in [0.3, 0.4) is 0 Å². The summed E-state index contributed by atoms with van der Waals surface area (Å²) in [5.41, 5.74) is 1.69. The highest BCUT2D eigenvalue weighted by atomic mass is 16.5. The van der Waals surface area contributed by atoms with E-state index in [2.05, 4.69) is 20.0 Å². The number of carbonyl (C=O) groups is 1. The Morgan fingerprint density at radius 3 is 2.86 bits per heavy atom. The Morgan fingerprint density at radius 1 is 1.45 bits per heavy atom. The number of aromatic amines is 1. The van der Waals surface area contributed by atoms with Gasteiger partial charge in [0.2, 0.25) is 5.95 Å². The van der Waals surface area contributed by atoms with E-state index in [1.54, 1.807) is 31.2 Å². The van der Waals surface area contributed by atoms with Gasteiger partial charge in [0.1, 0.15) is 0 Å².